The lowest BCUT2D eigenvalue weighted by atomic mass is 10.5. The summed E-state index contributed by atoms with van der Waals surface area (Å²) in [5.41, 5.74) is 0. The first-order valence-electron chi connectivity index (χ1n) is 5.48. The molecule has 0 aliphatic rings. The fourth-order valence-corrected chi connectivity index (χ4v) is 1.01. The van der Waals surface area contributed by atoms with Crippen molar-refractivity contribution in [2.75, 3.05) is 26.4 Å². The van der Waals surface area contributed by atoms with Crippen LogP contribution in [0.4, 0.5) is 0 Å². The Hall–Kier alpha value is -0.740. The molecule has 0 bridgehead atoms. The van der Waals surface area contributed by atoms with E-state index in [0.717, 1.165) is 0 Å². The Morgan fingerprint density at radius 1 is 0.867 bits per heavy atom. The molecule has 0 heterocycles. The Balaban J connectivity index is 4.27. The third kappa shape index (κ3) is 7.22. The third-order valence-electron chi connectivity index (χ3n) is 1.51. The molecule has 0 N–H and O–H groups in total. The molecule has 0 aromatic rings. The zero-order valence-corrected chi connectivity index (χ0v) is 10.1. The minimum absolute atomic E-state index is 0.395. The minimum atomic E-state index is -0.395. The highest BCUT2D eigenvalue weighted by Crippen LogP contribution is 2.06. The highest BCUT2D eigenvalue weighted by molar-refractivity contribution is 4.87. The van der Waals surface area contributed by atoms with Gasteiger partial charge in [-0.2, -0.15) is 0 Å². The van der Waals surface area contributed by atoms with Gasteiger partial charge in [-0.05, 0) is 27.7 Å². The molecule has 15 heavy (non-hydrogen) atoms. The van der Waals surface area contributed by atoms with Gasteiger partial charge in [0.2, 0.25) is 0 Å². The maximum Gasteiger partial charge on any atom is 0.280 e. The summed E-state index contributed by atoms with van der Waals surface area (Å²) in [5, 5.41) is 0. The second-order valence-corrected chi connectivity index (χ2v) is 2.63. The van der Waals surface area contributed by atoms with E-state index < -0.39 is 6.29 Å². The van der Waals surface area contributed by atoms with Crippen molar-refractivity contribution in [3.05, 3.63) is 12.0 Å². The van der Waals surface area contributed by atoms with Crippen molar-refractivity contribution in [2.45, 2.75) is 34.0 Å². The molecule has 4 heteroatoms. The minimum Gasteiger partial charge on any atom is -0.466 e. The number of hydrogen-bond acceptors (Lipinski definition) is 4. The molecule has 0 aliphatic heterocycles. The Morgan fingerprint density at radius 3 is 1.67 bits per heavy atom. The van der Waals surface area contributed by atoms with Gasteiger partial charge in [-0.15, -0.1) is 0 Å². The smallest absolute Gasteiger partial charge is 0.280 e. The maximum atomic E-state index is 5.35. The normalized spacial score (nSPS) is 10.2. The first-order valence-corrected chi connectivity index (χ1v) is 5.48. The van der Waals surface area contributed by atoms with Gasteiger partial charge in [0.05, 0.1) is 19.3 Å². The molecule has 0 aliphatic carbocycles. The second-order valence-electron chi connectivity index (χ2n) is 2.63. The molecule has 0 saturated heterocycles. The van der Waals surface area contributed by atoms with Crippen molar-refractivity contribution in [1.82, 2.24) is 0 Å². The van der Waals surface area contributed by atoms with Gasteiger partial charge in [0, 0.05) is 13.2 Å². The van der Waals surface area contributed by atoms with Crippen LogP contribution in [0.1, 0.15) is 27.7 Å². The summed E-state index contributed by atoms with van der Waals surface area (Å²) in [6.07, 6.45) is 1.31. The van der Waals surface area contributed by atoms with E-state index in [1.807, 2.05) is 27.7 Å². The highest BCUT2D eigenvalue weighted by Gasteiger charge is 2.08. The van der Waals surface area contributed by atoms with Crippen LogP contribution in [0.2, 0.25) is 0 Å². The van der Waals surface area contributed by atoms with Crippen LogP contribution >= 0.6 is 0 Å². The zero-order valence-electron chi connectivity index (χ0n) is 10.1. The number of ether oxygens (including phenoxy) is 4. The van der Waals surface area contributed by atoms with Gasteiger partial charge in [0.15, 0.2) is 6.29 Å². The molecule has 0 radical (unpaired) electrons. The number of rotatable bonds is 9. The standard InChI is InChI=1S/C11H22O4/c1-5-12-10(13-6-2)9-11(14-7-3)15-8-4/h9-10H,5-8H2,1-4H3. The van der Waals surface area contributed by atoms with E-state index in [2.05, 4.69) is 0 Å². The lowest BCUT2D eigenvalue weighted by molar-refractivity contribution is -0.109. The summed E-state index contributed by atoms with van der Waals surface area (Å²) in [5.74, 6) is 0.465. The van der Waals surface area contributed by atoms with Gasteiger partial charge >= 0.3 is 0 Å². The Morgan fingerprint density at radius 2 is 1.33 bits per heavy atom. The molecule has 0 fully saturated rings. The maximum absolute atomic E-state index is 5.35. The first kappa shape index (κ1) is 14.3. The van der Waals surface area contributed by atoms with Crippen LogP contribution in [0.5, 0.6) is 0 Å². The zero-order chi connectivity index (χ0) is 11.5. The van der Waals surface area contributed by atoms with E-state index >= 15 is 0 Å². The van der Waals surface area contributed by atoms with Crippen LogP contribution in [0, 0.1) is 0 Å². The van der Waals surface area contributed by atoms with Gasteiger partial charge in [-0.1, -0.05) is 0 Å². The Kier molecular flexibility index (Phi) is 9.32. The first-order chi connectivity index (χ1) is 7.28. The van der Waals surface area contributed by atoms with Gasteiger partial charge in [-0.3, -0.25) is 0 Å². The van der Waals surface area contributed by atoms with E-state index in [1.165, 1.54) is 0 Å². The summed E-state index contributed by atoms with van der Waals surface area (Å²) in [7, 11) is 0. The fraction of sp³-hybridized carbons (Fsp3) is 0.818. The lowest BCUT2D eigenvalue weighted by Crippen LogP contribution is -2.16. The predicted molar refractivity (Wildman–Crippen MR) is 58.4 cm³/mol. The SMILES string of the molecule is CCOC(=CC(OCC)OCC)OCC. The van der Waals surface area contributed by atoms with Crippen molar-refractivity contribution in [2.24, 2.45) is 0 Å². The Bertz CT molecular complexity index is 154. The lowest BCUT2D eigenvalue weighted by Gasteiger charge is -2.15. The van der Waals surface area contributed by atoms with Gasteiger partial charge in [-0.25, -0.2) is 0 Å². The van der Waals surface area contributed by atoms with Crippen LogP contribution in [0.3, 0.4) is 0 Å². The van der Waals surface area contributed by atoms with Crippen LogP contribution in [-0.2, 0) is 18.9 Å². The second kappa shape index (κ2) is 9.80. The molecule has 0 rings (SSSR count). The van der Waals surface area contributed by atoms with Crippen LogP contribution in [-0.4, -0.2) is 32.7 Å². The van der Waals surface area contributed by atoms with Crippen molar-refractivity contribution in [3.63, 3.8) is 0 Å². The molecule has 4 nitrogen and oxygen atoms in total. The summed E-state index contributed by atoms with van der Waals surface area (Å²) < 4.78 is 21.3. The largest absolute Gasteiger partial charge is 0.466 e. The van der Waals surface area contributed by atoms with Crippen molar-refractivity contribution >= 4 is 0 Å². The summed E-state index contributed by atoms with van der Waals surface area (Å²) in [6, 6.07) is 0. The molecule has 0 amide bonds. The van der Waals surface area contributed by atoms with Gasteiger partial charge in [0.25, 0.3) is 5.95 Å². The van der Waals surface area contributed by atoms with Crippen molar-refractivity contribution in [1.29, 1.82) is 0 Å². The van der Waals surface area contributed by atoms with Gasteiger partial charge in [0.1, 0.15) is 0 Å². The van der Waals surface area contributed by atoms with Gasteiger partial charge < -0.3 is 18.9 Å². The summed E-state index contributed by atoms with van der Waals surface area (Å²) in [6.45, 7) is 9.96. The molecular formula is C11H22O4. The van der Waals surface area contributed by atoms with Crippen LogP contribution in [0.15, 0.2) is 12.0 Å². The summed E-state index contributed by atoms with van der Waals surface area (Å²) >= 11 is 0. The molecular weight excluding hydrogens is 196 g/mol. The van der Waals surface area contributed by atoms with E-state index in [4.69, 9.17) is 18.9 Å². The van der Waals surface area contributed by atoms with E-state index in [0.29, 0.717) is 32.4 Å². The average Bonchev–Trinajstić information content (AvgIpc) is 2.19. The monoisotopic (exact) mass is 218 g/mol. The van der Waals surface area contributed by atoms with Crippen molar-refractivity contribution < 1.29 is 18.9 Å². The predicted octanol–water partition coefficient (Wildman–Crippen LogP) is 2.30. The summed E-state index contributed by atoms with van der Waals surface area (Å²) in [4.78, 5) is 0. The molecule has 0 atom stereocenters. The fourth-order valence-electron chi connectivity index (χ4n) is 1.01. The topological polar surface area (TPSA) is 36.9 Å². The molecule has 0 aromatic carbocycles. The number of hydrogen-bond donors (Lipinski definition) is 0. The quantitative estimate of drug-likeness (QED) is 0.439. The van der Waals surface area contributed by atoms with E-state index in [1.54, 1.807) is 6.08 Å². The van der Waals surface area contributed by atoms with E-state index in [-0.39, 0.29) is 0 Å². The van der Waals surface area contributed by atoms with E-state index in [9.17, 15) is 0 Å². The highest BCUT2D eigenvalue weighted by atomic mass is 16.7. The average molecular weight is 218 g/mol. The molecule has 0 unspecified atom stereocenters. The molecule has 0 spiro atoms. The Labute approximate surface area is 92.2 Å². The van der Waals surface area contributed by atoms with Crippen molar-refractivity contribution in [3.8, 4) is 0 Å². The third-order valence-corrected chi connectivity index (χ3v) is 1.51. The molecule has 90 valence electrons. The van der Waals surface area contributed by atoms with Crippen LogP contribution in [0.25, 0.3) is 0 Å². The van der Waals surface area contributed by atoms with Crippen LogP contribution < -0.4 is 0 Å². The molecule has 0 saturated carbocycles. The molecule has 0 aromatic heterocycles.